The van der Waals surface area contributed by atoms with Crippen molar-refractivity contribution < 1.29 is 0 Å². The van der Waals surface area contributed by atoms with Crippen molar-refractivity contribution in [1.82, 2.24) is 30.1 Å². The number of nitrogens with zero attached hydrogens (tertiary/aromatic N) is 5. The van der Waals surface area contributed by atoms with E-state index in [-0.39, 0.29) is 0 Å². The highest BCUT2D eigenvalue weighted by Gasteiger charge is 2.25. The summed E-state index contributed by atoms with van der Waals surface area (Å²) in [6, 6.07) is 0. The lowest BCUT2D eigenvalue weighted by molar-refractivity contribution is 0.491. The number of fused-ring (bicyclic) bond motifs is 1. The highest BCUT2D eigenvalue weighted by atomic mass is 15.2. The molecule has 0 aromatic carbocycles. The molecule has 7 nitrogen and oxygen atoms in total. The number of aryl methyl sites for hydroxylation is 1. The average Bonchev–Trinajstić information content (AvgIpc) is 3.23. The van der Waals surface area contributed by atoms with Gasteiger partial charge in [0.1, 0.15) is 11.8 Å². The quantitative estimate of drug-likeness (QED) is 0.772. The summed E-state index contributed by atoms with van der Waals surface area (Å²) >= 11 is 0. The first-order valence-corrected chi connectivity index (χ1v) is 7.78. The third kappa shape index (κ3) is 2.13. The van der Waals surface area contributed by atoms with Crippen LogP contribution in [0.3, 0.4) is 0 Å². The van der Waals surface area contributed by atoms with Crippen LogP contribution in [0.25, 0.3) is 11.2 Å². The van der Waals surface area contributed by atoms with Crippen LogP contribution in [-0.4, -0.2) is 43.2 Å². The van der Waals surface area contributed by atoms with Crippen LogP contribution in [-0.2, 0) is 6.42 Å². The molecule has 1 fully saturated rings. The van der Waals surface area contributed by atoms with Crippen molar-refractivity contribution >= 4 is 17.0 Å². The van der Waals surface area contributed by atoms with Crippen LogP contribution < -0.4 is 4.90 Å². The van der Waals surface area contributed by atoms with Gasteiger partial charge in [-0.05, 0) is 24.8 Å². The lowest BCUT2D eigenvalue weighted by atomic mass is 9.91. The van der Waals surface area contributed by atoms with Crippen molar-refractivity contribution in [2.45, 2.75) is 32.1 Å². The van der Waals surface area contributed by atoms with Gasteiger partial charge in [0, 0.05) is 24.7 Å². The number of aromatic nitrogens is 6. The molecule has 3 aromatic heterocycles. The maximum Gasteiger partial charge on any atom is 0.182 e. The molecule has 0 aliphatic carbocycles. The average molecular weight is 297 g/mol. The summed E-state index contributed by atoms with van der Waals surface area (Å²) < 4.78 is 0. The molecule has 4 heterocycles. The predicted octanol–water partition coefficient (Wildman–Crippen LogP) is 2.02. The summed E-state index contributed by atoms with van der Waals surface area (Å²) in [5, 5.41) is 7.40. The molecule has 0 spiro atoms. The van der Waals surface area contributed by atoms with E-state index in [0.717, 1.165) is 49.3 Å². The Hall–Kier alpha value is -2.44. The molecule has 2 N–H and O–H groups in total. The highest BCUT2D eigenvalue weighted by Crippen LogP contribution is 2.32. The number of aromatic amines is 2. The molecule has 7 heteroatoms. The minimum atomic E-state index is 0.563. The van der Waals surface area contributed by atoms with Crippen LogP contribution in [0.15, 0.2) is 18.9 Å². The van der Waals surface area contributed by atoms with Crippen molar-refractivity contribution in [3.8, 4) is 0 Å². The normalized spacial score (nSPS) is 16.5. The lowest BCUT2D eigenvalue weighted by Gasteiger charge is -2.32. The van der Waals surface area contributed by atoms with Gasteiger partial charge in [0.05, 0.1) is 12.5 Å². The Morgan fingerprint density at radius 2 is 2.09 bits per heavy atom. The molecule has 3 aromatic rings. The summed E-state index contributed by atoms with van der Waals surface area (Å²) in [5.41, 5.74) is 4.32. The van der Waals surface area contributed by atoms with Gasteiger partial charge < -0.3 is 9.88 Å². The summed E-state index contributed by atoms with van der Waals surface area (Å²) in [6.07, 6.45) is 8.47. The second-order valence-electron chi connectivity index (χ2n) is 5.72. The third-order valence-corrected chi connectivity index (χ3v) is 4.54. The fraction of sp³-hybridized carbons (Fsp3) is 0.467. The van der Waals surface area contributed by atoms with Crippen molar-refractivity contribution in [2.24, 2.45) is 0 Å². The maximum atomic E-state index is 4.45. The van der Waals surface area contributed by atoms with E-state index in [9.17, 15) is 0 Å². The van der Waals surface area contributed by atoms with Gasteiger partial charge in [-0.2, -0.15) is 5.10 Å². The molecule has 0 unspecified atom stereocenters. The van der Waals surface area contributed by atoms with Crippen LogP contribution in [0.4, 0.5) is 5.82 Å². The molecule has 1 saturated heterocycles. The fourth-order valence-corrected chi connectivity index (χ4v) is 3.33. The lowest BCUT2D eigenvalue weighted by Crippen LogP contribution is -2.34. The molecule has 4 rings (SSSR count). The summed E-state index contributed by atoms with van der Waals surface area (Å²) in [6.45, 7) is 4.15. The molecule has 0 amide bonds. The van der Waals surface area contributed by atoms with E-state index >= 15 is 0 Å². The largest absolute Gasteiger partial charge is 0.355 e. The Morgan fingerprint density at radius 1 is 1.23 bits per heavy atom. The van der Waals surface area contributed by atoms with E-state index in [1.165, 1.54) is 11.3 Å². The number of anilines is 1. The van der Waals surface area contributed by atoms with Crippen LogP contribution in [0.1, 0.15) is 36.9 Å². The Kier molecular flexibility index (Phi) is 3.25. The van der Waals surface area contributed by atoms with Gasteiger partial charge in [-0.25, -0.2) is 15.0 Å². The van der Waals surface area contributed by atoms with Crippen molar-refractivity contribution in [3.05, 3.63) is 30.1 Å². The number of imidazole rings is 1. The number of nitrogens with one attached hydrogen (secondary N) is 2. The van der Waals surface area contributed by atoms with Gasteiger partial charge in [-0.1, -0.05) is 6.92 Å². The van der Waals surface area contributed by atoms with E-state index in [1.807, 2.05) is 6.20 Å². The first-order chi connectivity index (χ1) is 10.9. The fourth-order valence-electron chi connectivity index (χ4n) is 3.33. The molecule has 114 valence electrons. The molecular weight excluding hydrogens is 278 g/mol. The predicted molar refractivity (Wildman–Crippen MR) is 83.8 cm³/mol. The van der Waals surface area contributed by atoms with E-state index in [4.69, 9.17) is 0 Å². The molecule has 1 aliphatic heterocycles. The van der Waals surface area contributed by atoms with E-state index in [2.05, 4.69) is 42.0 Å². The molecule has 0 radical (unpaired) electrons. The monoisotopic (exact) mass is 297 g/mol. The minimum absolute atomic E-state index is 0.563. The summed E-state index contributed by atoms with van der Waals surface area (Å²) in [7, 11) is 0. The van der Waals surface area contributed by atoms with Crippen molar-refractivity contribution in [1.29, 1.82) is 0 Å². The number of hydrogen-bond donors (Lipinski definition) is 2. The molecule has 1 aliphatic rings. The van der Waals surface area contributed by atoms with Gasteiger partial charge in [0.15, 0.2) is 11.5 Å². The van der Waals surface area contributed by atoms with Crippen LogP contribution >= 0.6 is 0 Å². The highest BCUT2D eigenvalue weighted by molar-refractivity contribution is 5.82. The van der Waals surface area contributed by atoms with Gasteiger partial charge >= 0.3 is 0 Å². The zero-order valence-electron chi connectivity index (χ0n) is 12.6. The zero-order chi connectivity index (χ0) is 14.9. The molecule has 0 bridgehead atoms. The van der Waals surface area contributed by atoms with E-state index in [0.29, 0.717) is 5.92 Å². The van der Waals surface area contributed by atoms with Crippen LogP contribution in [0, 0.1) is 0 Å². The second-order valence-corrected chi connectivity index (χ2v) is 5.72. The summed E-state index contributed by atoms with van der Waals surface area (Å²) in [4.78, 5) is 18.3. The zero-order valence-corrected chi connectivity index (χ0v) is 12.6. The van der Waals surface area contributed by atoms with Gasteiger partial charge in [0.25, 0.3) is 0 Å². The molecular formula is C15H19N7. The Morgan fingerprint density at radius 3 is 2.91 bits per heavy atom. The molecule has 22 heavy (non-hydrogen) atoms. The Labute approximate surface area is 128 Å². The van der Waals surface area contributed by atoms with Gasteiger partial charge in [0.2, 0.25) is 0 Å². The van der Waals surface area contributed by atoms with Crippen molar-refractivity contribution in [3.63, 3.8) is 0 Å². The van der Waals surface area contributed by atoms with E-state index in [1.54, 1.807) is 12.7 Å². The van der Waals surface area contributed by atoms with E-state index < -0.39 is 0 Å². The smallest absolute Gasteiger partial charge is 0.182 e. The number of hydrogen-bond acceptors (Lipinski definition) is 5. The topological polar surface area (TPSA) is 86.4 Å². The second kappa shape index (κ2) is 5.40. The minimum Gasteiger partial charge on any atom is -0.355 e. The third-order valence-electron chi connectivity index (χ3n) is 4.54. The standard InChI is InChI=1S/C15H19N7/c1-2-10-7-20-21-12(10)11-3-5-22(6-4-11)15-13-14(17-8-16-13)18-9-19-15/h7-9,11H,2-6H2,1H3,(H,20,21)(H,16,17,18,19). The van der Waals surface area contributed by atoms with Crippen LogP contribution in [0.5, 0.6) is 0 Å². The molecule has 0 saturated carbocycles. The SMILES string of the molecule is CCc1cn[nH]c1C1CCN(c2ncnc3nc[nH]c23)CC1. The molecule has 0 atom stereocenters. The number of rotatable bonds is 3. The number of H-pyrrole nitrogens is 2. The Balaban J connectivity index is 1.53. The maximum absolute atomic E-state index is 4.45. The first-order valence-electron chi connectivity index (χ1n) is 7.78. The van der Waals surface area contributed by atoms with Gasteiger partial charge in [-0.3, -0.25) is 5.10 Å². The van der Waals surface area contributed by atoms with Crippen LogP contribution in [0.2, 0.25) is 0 Å². The first kappa shape index (κ1) is 13.2. The van der Waals surface area contributed by atoms with Crippen molar-refractivity contribution in [2.75, 3.05) is 18.0 Å². The van der Waals surface area contributed by atoms with Gasteiger partial charge in [-0.15, -0.1) is 0 Å². The number of piperidine rings is 1. The Bertz CT molecular complexity index is 767. The summed E-state index contributed by atoms with van der Waals surface area (Å²) in [5.74, 6) is 1.52.